The Hall–Kier alpha value is -2.08. The SMILES string of the molecule is O=C(CNC1CCN(C(=O)OCc2ccccc2)CC1)N1CCCCC1. The van der Waals surface area contributed by atoms with Gasteiger partial charge in [-0.2, -0.15) is 0 Å². The van der Waals surface area contributed by atoms with E-state index in [0.717, 1.165) is 44.3 Å². The first-order valence-corrected chi connectivity index (χ1v) is 9.69. The molecular formula is C20H29N3O3. The minimum Gasteiger partial charge on any atom is -0.445 e. The van der Waals surface area contributed by atoms with Crippen LogP contribution in [0.5, 0.6) is 0 Å². The molecule has 1 aromatic carbocycles. The van der Waals surface area contributed by atoms with Gasteiger partial charge in [0.25, 0.3) is 0 Å². The predicted molar refractivity (Wildman–Crippen MR) is 99.7 cm³/mol. The summed E-state index contributed by atoms with van der Waals surface area (Å²) in [4.78, 5) is 28.1. The van der Waals surface area contributed by atoms with Gasteiger partial charge in [-0.3, -0.25) is 4.79 Å². The number of carbonyl (C=O) groups excluding carboxylic acids is 2. The van der Waals surface area contributed by atoms with Gasteiger partial charge in [-0.1, -0.05) is 30.3 Å². The van der Waals surface area contributed by atoms with Crippen LogP contribution in [0.25, 0.3) is 0 Å². The molecular weight excluding hydrogens is 330 g/mol. The number of ether oxygens (including phenoxy) is 1. The predicted octanol–water partition coefficient (Wildman–Crippen LogP) is 2.39. The zero-order valence-corrected chi connectivity index (χ0v) is 15.4. The highest BCUT2D eigenvalue weighted by Crippen LogP contribution is 2.13. The molecule has 2 heterocycles. The molecule has 2 aliphatic heterocycles. The molecule has 2 aliphatic rings. The number of piperidine rings is 2. The number of likely N-dealkylation sites (tertiary alicyclic amines) is 2. The normalized spacial score (nSPS) is 18.6. The van der Waals surface area contributed by atoms with E-state index in [4.69, 9.17) is 4.74 Å². The Labute approximate surface area is 155 Å². The average Bonchev–Trinajstić information content (AvgIpc) is 2.72. The van der Waals surface area contributed by atoms with Crippen molar-refractivity contribution in [1.29, 1.82) is 0 Å². The van der Waals surface area contributed by atoms with E-state index in [2.05, 4.69) is 5.32 Å². The molecule has 0 unspecified atom stereocenters. The minimum absolute atomic E-state index is 0.203. The molecule has 6 nitrogen and oxygen atoms in total. The maximum absolute atomic E-state index is 12.2. The number of amides is 2. The maximum Gasteiger partial charge on any atom is 0.410 e. The number of carbonyl (C=O) groups is 2. The van der Waals surface area contributed by atoms with E-state index in [1.165, 1.54) is 6.42 Å². The van der Waals surface area contributed by atoms with Crippen molar-refractivity contribution in [3.8, 4) is 0 Å². The van der Waals surface area contributed by atoms with Gasteiger partial charge >= 0.3 is 6.09 Å². The summed E-state index contributed by atoms with van der Waals surface area (Å²) in [5, 5.41) is 3.37. The van der Waals surface area contributed by atoms with Gasteiger partial charge in [0.05, 0.1) is 6.54 Å². The molecule has 0 aromatic heterocycles. The van der Waals surface area contributed by atoms with E-state index < -0.39 is 0 Å². The van der Waals surface area contributed by atoms with Crippen LogP contribution in [0, 0.1) is 0 Å². The van der Waals surface area contributed by atoms with Crippen LogP contribution in [-0.2, 0) is 16.1 Å². The summed E-state index contributed by atoms with van der Waals surface area (Å²) >= 11 is 0. The van der Waals surface area contributed by atoms with Gasteiger partial charge in [0.2, 0.25) is 5.91 Å². The summed E-state index contributed by atoms with van der Waals surface area (Å²) in [6, 6.07) is 10.0. The van der Waals surface area contributed by atoms with Crippen LogP contribution >= 0.6 is 0 Å². The van der Waals surface area contributed by atoms with E-state index in [9.17, 15) is 9.59 Å². The number of nitrogens with one attached hydrogen (secondary N) is 1. The summed E-state index contributed by atoms with van der Waals surface area (Å²) in [6.07, 6.45) is 4.93. The van der Waals surface area contributed by atoms with Crippen molar-refractivity contribution in [2.24, 2.45) is 0 Å². The molecule has 0 aliphatic carbocycles. The van der Waals surface area contributed by atoms with Crippen LogP contribution in [-0.4, -0.2) is 60.6 Å². The van der Waals surface area contributed by atoms with Crippen LogP contribution in [0.4, 0.5) is 4.79 Å². The molecule has 0 saturated carbocycles. The van der Waals surface area contributed by atoms with Gasteiger partial charge in [-0.05, 0) is 37.7 Å². The van der Waals surface area contributed by atoms with E-state index in [1.54, 1.807) is 4.90 Å². The maximum atomic E-state index is 12.2. The van der Waals surface area contributed by atoms with Gasteiger partial charge in [0, 0.05) is 32.2 Å². The smallest absolute Gasteiger partial charge is 0.410 e. The first-order chi connectivity index (χ1) is 12.7. The first kappa shape index (κ1) is 18.7. The third kappa shape index (κ3) is 5.46. The summed E-state index contributed by atoms with van der Waals surface area (Å²) in [5.41, 5.74) is 0.994. The Morgan fingerprint density at radius 3 is 2.35 bits per heavy atom. The second kappa shape index (κ2) is 9.57. The number of hydrogen-bond donors (Lipinski definition) is 1. The molecule has 26 heavy (non-hydrogen) atoms. The fraction of sp³-hybridized carbons (Fsp3) is 0.600. The largest absolute Gasteiger partial charge is 0.445 e. The second-order valence-corrected chi connectivity index (χ2v) is 7.12. The van der Waals surface area contributed by atoms with Gasteiger partial charge in [-0.25, -0.2) is 4.79 Å². The molecule has 1 N–H and O–H groups in total. The molecule has 1 aromatic rings. The summed E-state index contributed by atoms with van der Waals surface area (Å²) < 4.78 is 5.39. The molecule has 0 bridgehead atoms. The Morgan fingerprint density at radius 2 is 1.65 bits per heavy atom. The zero-order chi connectivity index (χ0) is 18.2. The Bertz CT molecular complexity index is 579. The lowest BCUT2D eigenvalue weighted by atomic mass is 10.1. The third-order valence-electron chi connectivity index (χ3n) is 5.21. The number of hydrogen-bond acceptors (Lipinski definition) is 4. The van der Waals surface area contributed by atoms with Crippen LogP contribution < -0.4 is 5.32 Å². The summed E-state index contributed by atoms with van der Waals surface area (Å²) in [5.74, 6) is 0.203. The summed E-state index contributed by atoms with van der Waals surface area (Å²) in [6.45, 7) is 3.84. The Morgan fingerprint density at radius 1 is 0.962 bits per heavy atom. The van der Waals surface area contributed by atoms with Gasteiger partial charge < -0.3 is 19.9 Å². The van der Waals surface area contributed by atoms with Crippen LogP contribution in [0.1, 0.15) is 37.7 Å². The van der Waals surface area contributed by atoms with Crippen LogP contribution in [0.15, 0.2) is 30.3 Å². The molecule has 2 amide bonds. The molecule has 2 saturated heterocycles. The van der Waals surface area contributed by atoms with Gasteiger partial charge in [-0.15, -0.1) is 0 Å². The van der Waals surface area contributed by atoms with Crippen molar-refractivity contribution in [3.63, 3.8) is 0 Å². The molecule has 0 spiro atoms. The molecule has 142 valence electrons. The van der Waals surface area contributed by atoms with Crippen molar-refractivity contribution >= 4 is 12.0 Å². The first-order valence-electron chi connectivity index (χ1n) is 9.69. The van der Waals surface area contributed by atoms with E-state index >= 15 is 0 Å². The number of rotatable bonds is 5. The van der Waals surface area contributed by atoms with Crippen LogP contribution in [0.3, 0.4) is 0 Å². The average molecular weight is 359 g/mol. The van der Waals surface area contributed by atoms with Crippen molar-refractivity contribution < 1.29 is 14.3 Å². The lowest BCUT2D eigenvalue weighted by Gasteiger charge is -2.32. The Balaban J connectivity index is 1.33. The van der Waals surface area contributed by atoms with Crippen LogP contribution in [0.2, 0.25) is 0 Å². The van der Waals surface area contributed by atoms with Crippen molar-refractivity contribution in [1.82, 2.24) is 15.1 Å². The highest BCUT2D eigenvalue weighted by molar-refractivity contribution is 5.78. The number of benzene rings is 1. The van der Waals surface area contributed by atoms with Crippen molar-refractivity contribution in [3.05, 3.63) is 35.9 Å². The Kier molecular flexibility index (Phi) is 6.89. The second-order valence-electron chi connectivity index (χ2n) is 7.12. The van der Waals surface area contributed by atoms with E-state index in [0.29, 0.717) is 32.3 Å². The van der Waals surface area contributed by atoms with Gasteiger partial charge in [0.15, 0.2) is 0 Å². The molecule has 0 atom stereocenters. The molecule has 0 radical (unpaired) electrons. The highest BCUT2D eigenvalue weighted by Gasteiger charge is 2.24. The quantitative estimate of drug-likeness (QED) is 0.877. The van der Waals surface area contributed by atoms with E-state index in [1.807, 2.05) is 35.2 Å². The number of nitrogens with zero attached hydrogens (tertiary/aromatic N) is 2. The van der Waals surface area contributed by atoms with Crippen molar-refractivity contribution in [2.45, 2.75) is 44.8 Å². The molecule has 2 fully saturated rings. The molecule has 6 heteroatoms. The third-order valence-corrected chi connectivity index (χ3v) is 5.21. The zero-order valence-electron chi connectivity index (χ0n) is 15.4. The minimum atomic E-state index is -0.253. The lowest BCUT2D eigenvalue weighted by Crippen LogP contribution is -2.48. The fourth-order valence-corrected chi connectivity index (χ4v) is 3.56. The monoisotopic (exact) mass is 359 g/mol. The molecule has 3 rings (SSSR count). The van der Waals surface area contributed by atoms with E-state index in [-0.39, 0.29) is 12.0 Å². The topological polar surface area (TPSA) is 61.9 Å². The highest BCUT2D eigenvalue weighted by atomic mass is 16.6. The lowest BCUT2D eigenvalue weighted by molar-refractivity contribution is -0.131. The fourth-order valence-electron chi connectivity index (χ4n) is 3.56. The van der Waals surface area contributed by atoms with Crippen molar-refractivity contribution in [2.75, 3.05) is 32.7 Å². The standard InChI is InChI=1S/C20H29N3O3/c24-19(22-11-5-2-6-12-22)15-21-18-9-13-23(14-10-18)20(25)26-16-17-7-3-1-4-8-17/h1,3-4,7-8,18,21H,2,5-6,9-16H2. The summed E-state index contributed by atoms with van der Waals surface area (Å²) in [7, 11) is 0. The van der Waals surface area contributed by atoms with Gasteiger partial charge in [0.1, 0.15) is 6.61 Å².